The number of aromatic nitrogens is 7. The number of nitrogens with zero attached hydrogens (tertiary/aromatic N) is 7. The third kappa shape index (κ3) is 6.80. The number of para-hydroxylation sites is 3. The summed E-state index contributed by atoms with van der Waals surface area (Å²) in [6.07, 6.45) is 5.28. The summed E-state index contributed by atoms with van der Waals surface area (Å²) in [5.41, 5.74) is 13.4. The zero-order valence-corrected chi connectivity index (χ0v) is 37.9. The molecule has 0 saturated heterocycles. The van der Waals surface area contributed by atoms with Gasteiger partial charge in [0.05, 0.1) is 11.0 Å². The second kappa shape index (κ2) is 15.8. The van der Waals surface area contributed by atoms with Crippen LogP contribution in [0.25, 0.3) is 94.8 Å². The summed E-state index contributed by atoms with van der Waals surface area (Å²) in [6.45, 7) is 6.67. The van der Waals surface area contributed by atoms with E-state index in [-0.39, 0.29) is 26.5 Å². The Morgan fingerprint density at radius 3 is 1.94 bits per heavy atom. The molecule has 9 heteroatoms. The third-order valence-corrected chi connectivity index (χ3v) is 12.1. The van der Waals surface area contributed by atoms with Crippen LogP contribution in [0.2, 0.25) is 0 Å². The van der Waals surface area contributed by atoms with Gasteiger partial charge in [0.2, 0.25) is 5.78 Å². The number of ether oxygens (including phenoxy) is 1. The predicted octanol–water partition coefficient (Wildman–Crippen LogP) is 13.4. The van der Waals surface area contributed by atoms with E-state index >= 15 is 0 Å². The van der Waals surface area contributed by atoms with Crippen LogP contribution in [-0.2, 0) is 26.5 Å². The van der Waals surface area contributed by atoms with Crippen molar-refractivity contribution < 1.29 is 25.8 Å². The van der Waals surface area contributed by atoms with E-state index in [0.717, 1.165) is 77.7 Å². The average Bonchev–Trinajstić information content (AvgIpc) is 3.98. The summed E-state index contributed by atoms with van der Waals surface area (Å²) in [4.78, 5) is 19.3. The summed E-state index contributed by atoms with van der Waals surface area (Å²) < 4.78 is 13.4. The van der Waals surface area contributed by atoms with Crippen LogP contribution < -0.4 is 4.74 Å². The molecule has 0 bridgehead atoms. The molecule has 0 amide bonds. The van der Waals surface area contributed by atoms with Crippen molar-refractivity contribution in [3.05, 3.63) is 200 Å². The summed E-state index contributed by atoms with van der Waals surface area (Å²) in [6, 6.07) is 64.4. The van der Waals surface area contributed by atoms with E-state index in [2.05, 4.69) is 197 Å². The summed E-state index contributed by atoms with van der Waals surface area (Å²) in [5.74, 6) is 2.56. The molecule has 5 heterocycles. The first kappa shape index (κ1) is 40.1. The van der Waals surface area contributed by atoms with Crippen molar-refractivity contribution in [3.63, 3.8) is 0 Å². The minimum Gasteiger partial charge on any atom is -0.509 e. The number of rotatable bonds is 7. The van der Waals surface area contributed by atoms with Crippen LogP contribution in [0.1, 0.15) is 26.3 Å². The van der Waals surface area contributed by atoms with Crippen molar-refractivity contribution in [2.24, 2.45) is 0 Å². The number of benzene rings is 7. The molecule has 7 aromatic carbocycles. The molecule has 12 aromatic rings. The number of fused-ring (bicyclic) bond motifs is 8. The maximum absolute atomic E-state index is 7.02. The second-order valence-electron chi connectivity index (χ2n) is 17.0. The number of hydrogen-bond donors (Lipinski definition) is 0. The van der Waals surface area contributed by atoms with Crippen molar-refractivity contribution in [2.45, 2.75) is 26.2 Å². The summed E-state index contributed by atoms with van der Waals surface area (Å²) in [5, 5.41) is 2.17. The van der Waals surface area contributed by atoms with Crippen molar-refractivity contribution in [1.29, 1.82) is 0 Å². The number of pyridine rings is 1. The topological polar surface area (TPSA) is 75.1 Å². The minimum atomic E-state index is -0.0563. The normalized spacial score (nSPS) is 11.8. The Morgan fingerprint density at radius 2 is 1.20 bits per heavy atom. The average molecular weight is 1020 g/mol. The third-order valence-electron chi connectivity index (χ3n) is 12.1. The summed E-state index contributed by atoms with van der Waals surface area (Å²) in [7, 11) is 0. The van der Waals surface area contributed by atoms with Gasteiger partial charge in [-0.1, -0.05) is 141 Å². The molecular formula is C56H39N7OPt. The summed E-state index contributed by atoms with van der Waals surface area (Å²) >= 11 is 0. The van der Waals surface area contributed by atoms with Gasteiger partial charge in [0.15, 0.2) is 11.3 Å². The van der Waals surface area contributed by atoms with Gasteiger partial charge in [0, 0.05) is 35.6 Å². The van der Waals surface area contributed by atoms with Gasteiger partial charge in [0.25, 0.3) is 0 Å². The van der Waals surface area contributed by atoms with Crippen LogP contribution >= 0.6 is 0 Å². The number of hydrogen-bond acceptors (Lipinski definition) is 5. The Bertz CT molecular complexity index is 3690. The van der Waals surface area contributed by atoms with E-state index in [9.17, 15) is 0 Å². The Hall–Kier alpha value is -7.67. The smallest absolute Gasteiger partial charge is 0.509 e. The van der Waals surface area contributed by atoms with Crippen molar-refractivity contribution in [1.82, 2.24) is 33.5 Å². The molecule has 8 nitrogen and oxygen atoms in total. The van der Waals surface area contributed by atoms with Crippen LogP contribution in [0.3, 0.4) is 0 Å². The Balaban J connectivity index is 0.00000469. The van der Waals surface area contributed by atoms with Gasteiger partial charge in [-0.2, -0.15) is 11.1 Å². The van der Waals surface area contributed by atoms with Gasteiger partial charge in [-0.05, 0) is 74.5 Å². The van der Waals surface area contributed by atoms with E-state index in [1.54, 1.807) is 12.4 Å². The van der Waals surface area contributed by atoms with Gasteiger partial charge >= 0.3 is 21.1 Å². The SMILES string of the molecule is CC(C)(C)c1ccnc(-n2c3[c-]c(Oc4[c-]c(-n5c6ccccc6n6c7nccnc7nc56)cc(-c5c(-c6ccccc6)cccc5-c5ccccc5)c4)ccc3c3ccccc32)c1.[Pt+2]. The molecule has 65 heavy (non-hydrogen) atoms. The van der Waals surface area contributed by atoms with Crippen LogP contribution in [0.15, 0.2) is 182 Å². The quantitative estimate of drug-likeness (QED) is 0.149. The fourth-order valence-electron chi connectivity index (χ4n) is 9.08. The first-order chi connectivity index (χ1) is 31.4. The molecule has 12 rings (SSSR count). The molecule has 314 valence electrons. The molecule has 0 atom stereocenters. The fraction of sp³-hybridized carbons (Fsp3) is 0.0714. The predicted molar refractivity (Wildman–Crippen MR) is 256 cm³/mol. The molecule has 0 aliphatic heterocycles. The van der Waals surface area contributed by atoms with Crippen LogP contribution in [-0.4, -0.2) is 33.5 Å². The fourth-order valence-corrected chi connectivity index (χ4v) is 9.08. The second-order valence-corrected chi connectivity index (χ2v) is 17.0. The van der Waals surface area contributed by atoms with Crippen molar-refractivity contribution >= 4 is 49.9 Å². The van der Waals surface area contributed by atoms with Gasteiger partial charge in [-0.15, -0.1) is 41.3 Å². The van der Waals surface area contributed by atoms with E-state index in [1.165, 1.54) is 5.56 Å². The molecular weight excluding hydrogens is 982 g/mol. The first-order valence-corrected chi connectivity index (χ1v) is 21.4. The largest absolute Gasteiger partial charge is 2.00 e. The molecule has 0 aliphatic carbocycles. The minimum absolute atomic E-state index is 0. The van der Waals surface area contributed by atoms with Gasteiger partial charge in [0.1, 0.15) is 5.82 Å². The first-order valence-electron chi connectivity index (χ1n) is 21.4. The van der Waals surface area contributed by atoms with Crippen molar-refractivity contribution in [3.8, 4) is 56.4 Å². The Morgan fingerprint density at radius 1 is 0.523 bits per heavy atom. The van der Waals surface area contributed by atoms with Crippen LogP contribution in [0.4, 0.5) is 0 Å². The molecule has 0 unspecified atom stereocenters. The van der Waals surface area contributed by atoms with E-state index in [0.29, 0.717) is 28.6 Å². The zero-order chi connectivity index (χ0) is 42.9. The van der Waals surface area contributed by atoms with Crippen molar-refractivity contribution in [2.75, 3.05) is 0 Å². The maximum atomic E-state index is 7.02. The Kier molecular flexibility index (Phi) is 9.78. The molecule has 0 N–H and O–H groups in total. The van der Waals surface area contributed by atoms with Crippen LogP contribution in [0, 0.1) is 12.1 Å². The van der Waals surface area contributed by atoms with E-state index < -0.39 is 0 Å². The zero-order valence-electron chi connectivity index (χ0n) is 35.7. The maximum Gasteiger partial charge on any atom is 2.00 e. The molecule has 0 radical (unpaired) electrons. The van der Waals surface area contributed by atoms with E-state index in [1.807, 2.05) is 24.4 Å². The van der Waals surface area contributed by atoms with E-state index in [4.69, 9.17) is 19.7 Å². The molecule has 5 aromatic heterocycles. The van der Waals surface area contributed by atoms with Gasteiger partial charge < -0.3 is 13.9 Å². The molecule has 0 spiro atoms. The van der Waals surface area contributed by atoms with Crippen LogP contribution in [0.5, 0.6) is 11.5 Å². The molecule has 0 fully saturated rings. The standard InChI is InChI=1S/C56H39N7O.Pt/c1-56(2,3)39-27-28-57-51(33-39)62-47-22-11-10-19-45(47)46-26-25-41(35-50(46)62)64-42-32-38(52-43(36-15-6-4-7-16-36)20-14-21-44(52)37-17-8-5-9-18-37)31-40(34-42)61-48-23-12-13-24-49(48)63-54-53(60-55(61)63)58-29-30-59-54;/h4-33H,1-3H3;/q-2;+2. The van der Waals surface area contributed by atoms with Gasteiger partial charge in [-0.25, -0.2) is 15.0 Å². The Labute approximate surface area is 389 Å². The molecule has 0 saturated carbocycles. The number of imidazole rings is 2. The van der Waals surface area contributed by atoms with Gasteiger partial charge in [-0.3, -0.25) is 4.40 Å². The molecule has 0 aliphatic rings. The monoisotopic (exact) mass is 1020 g/mol.